The highest BCUT2D eigenvalue weighted by Crippen LogP contribution is 2.58. The van der Waals surface area contributed by atoms with Crippen molar-refractivity contribution in [3.8, 4) is 33.4 Å². The highest BCUT2D eigenvalue weighted by Gasteiger charge is 2.46. The fourth-order valence-electron chi connectivity index (χ4n) is 9.62. The Kier molecular flexibility index (Phi) is 8.12. The Labute approximate surface area is 339 Å². The Morgan fingerprint density at radius 3 is 1.41 bits per heavy atom. The summed E-state index contributed by atoms with van der Waals surface area (Å²) in [6.45, 7) is 0. The first-order valence-corrected chi connectivity index (χ1v) is 20.1. The normalized spacial score (nSPS) is 12.6. The van der Waals surface area contributed by atoms with Crippen molar-refractivity contribution in [2.24, 2.45) is 0 Å². The molecule has 0 unspecified atom stereocenters. The van der Waals surface area contributed by atoms with E-state index in [4.69, 9.17) is 0 Å². The van der Waals surface area contributed by atoms with E-state index in [1.54, 1.807) is 0 Å². The maximum absolute atomic E-state index is 2.40. The molecule has 0 spiro atoms. The van der Waals surface area contributed by atoms with Crippen LogP contribution >= 0.6 is 0 Å². The zero-order valence-corrected chi connectivity index (χ0v) is 32.0. The molecule has 10 aromatic carbocycles. The molecule has 58 heavy (non-hydrogen) atoms. The molecule has 0 aromatic heterocycles. The molecule has 272 valence electrons. The highest BCUT2D eigenvalue weighted by molar-refractivity contribution is 6.01. The molecule has 1 aliphatic carbocycles. The summed E-state index contributed by atoms with van der Waals surface area (Å²) in [6.07, 6.45) is 0. The van der Waals surface area contributed by atoms with E-state index in [0.717, 1.165) is 17.1 Å². The van der Waals surface area contributed by atoms with E-state index >= 15 is 0 Å². The molecule has 0 amide bonds. The van der Waals surface area contributed by atoms with Crippen molar-refractivity contribution in [2.45, 2.75) is 5.41 Å². The van der Waals surface area contributed by atoms with Crippen LogP contribution in [0.3, 0.4) is 0 Å². The smallest absolute Gasteiger partial charge is 0.0713 e. The van der Waals surface area contributed by atoms with Gasteiger partial charge in [0, 0.05) is 16.8 Å². The first-order valence-electron chi connectivity index (χ1n) is 20.1. The van der Waals surface area contributed by atoms with Crippen molar-refractivity contribution >= 4 is 38.6 Å². The van der Waals surface area contributed by atoms with Crippen molar-refractivity contribution in [3.05, 3.63) is 259 Å². The standard InChI is InChI=1S/C57H39N/c1-3-20-44(21-4-1)57(45-22-5-2-6-23-45)53-29-12-11-26-52(53)56-51(28-15-30-54(56)57)43-34-38-47(39-35-43)58(55-31-14-19-41-17-8-10-25-50(41)55)46-36-32-42(33-37-46)49-27-13-18-40-16-7-9-24-48(40)49/h1-39H. The molecule has 0 bridgehead atoms. The molecule has 0 heterocycles. The molecule has 1 aliphatic rings. The fourth-order valence-corrected chi connectivity index (χ4v) is 9.62. The predicted octanol–water partition coefficient (Wildman–Crippen LogP) is 15.2. The third-order valence-corrected chi connectivity index (χ3v) is 12.2. The molecule has 0 saturated carbocycles. The molecular formula is C57H39N. The van der Waals surface area contributed by atoms with Crippen LogP contribution in [0.15, 0.2) is 237 Å². The SMILES string of the molecule is c1ccc(C2(c3ccccc3)c3ccccc3-c3c(-c4ccc(N(c5ccc(-c6cccc7ccccc67)cc5)c5cccc6ccccc56)cc4)cccc32)cc1. The average molecular weight is 738 g/mol. The van der Waals surface area contributed by atoms with Gasteiger partial charge in [0.05, 0.1) is 11.1 Å². The van der Waals surface area contributed by atoms with Crippen LogP contribution in [-0.4, -0.2) is 0 Å². The summed E-state index contributed by atoms with van der Waals surface area (Å²) in [5.41, 5.74) is 15.6. The Hall–Kier alpha value is -7.48. The van der Waals surface area contributed by atoms with Gasteiger partial charge in [0.25, 0.3) is 0 Å². The summed E-state index contributed by atoms with van der Waals surface area (Å²) < 4.78 is 0. The fraction of sp³-hybridized carbons (Fsp3) is 0.0175. The lowest BCUT2D eigenvalue weighted by Gasteiger charge is -2.34. The van der Waals surface area contributed by atoms with Gasteiger partial charge < -0.3 is 4.90 Å². The van der Waals surface area contributed by atoms with Crippen molar-refractivity contribution in [3.63, 3.8) is 0 Å². The van der Waals surface area contributed by atoms with Gasteiger partial charge in [-0.05, 0) is 102 Å². The molecule has 0 radical (unpaired) electrons. The maximum atomic E-state index is 2.40. The monoisotopic (exact) mass is 737 g/mol. The summed E-state index contributed by atoms with van der Waals surface area (Å²) in [7, 11) is 0. The van der Waals surface area contributed by atoms with Gasteiger partial charge in [-0.15, -0.1) is 0 Å². The minimum Gasteiger partial charge on any atom is -0.310 e. The van der Waals surface area contributed by atoms with Gasteiger partial charge in [0.1, 0.15) is 0 Å². The number of fused-ring (bicyclic) bond motifs is 5. The van der Waals surface area contributed by atoms with Gasteiger partial charge >= 0.3 is 0 Å². The van der Waals surface area contributed by atoms with Gasteiger partial charge in [0.2, 0.25) is 0 Å². The Morgan fingerprint density at radius 2 is 0.741 bits per heavy atom. The average Bonchev–Trinajstić information content (AvgIpc) is 3.61. The van der Waals surface area contributed by atoms with Crippen LogP contribution in [0, 0.1) is 0 Å². The summed E-state index contributed by atoms with van der Waals surface area (Å²) in [6, 6.07) is 86.7. The molecule has 1 heteroatoms. The molecular weight excluding hydrogens is 699 g/mol. The van der Waals surface area contributed by atoms with Gasteiger partial charge in [-0.3, -0.25) is 0 Å². The first kappa shape index (κ1) is 33.8. The van der Waals surface area contributed by atoms with Crippen LogP contribution in [0.4, 0.5) is 17.1 Å². The van der Waals surface area contributed by atoms with E-state index in [0.29, 0.717) is 0 Å². The van der Waals surface area contributed by atoms with E-state index < -0.39 is 5.41 Å². The van der Waals surface area contributed by atoms with Crippen molar-refractivity contribution in [2.75, 3.05) is 4.90 Å². The minimum absolute atomic E-state index is 0.437. The molecule has 0 atom stereocenters. The lowest BCUT2D eigenvalue weighted by molar-refractivity contribution is 0.768. The lowest BCUT2D eigenvalue weighted by Crippen LogP contribution is -2.28. The first-order chi connectivity index (χ1) is 28.8. The van der Waals surface area contributed by atoms with E-state index in [1.807, 2.05) is 0 Å². The van der Waals surface area contributed by atoms with Crippen LogP contribution in [0.1, 0.15) is 22.3 Å². The quantitative estimate of drug-likeness (QED) is 0.157. The second kappa shape index (κ2) is 13.9. The van der Waals surface area contributed by atoms with Crippen molar-refractivity contribution in [1.29, 1.82) is 0 Å². The number of hydrogen-bond acceptors (Lipinski definition) is 1. The van der Waals surface area contributed by atoms with Crippen molar-refractivity contribution in [1.82, 2.24) is 0 Å². The lowest BCUT2D eigenvalue weighted by atomic mass is 9.67. The third-order valence-electron chi connectivity index (χ3n) is 12.2. The van der Waals surface area contributed by atoms with Crippen LogP contribution in [-0.2, 0) is 5.41 Å². The number of nitrogens with zero attached hydrogens (tertiary/aromatic N) is 1. The van der Waals surface area contributed by atoms with Gasteiger partial charge in [-0.1, -0.05) is 206 Å². The highest BCUT2D eigenvalue weighted by atomic mass is 15.1. The van der Waals surface area contributed by atoms with Crippen LogP contribution in [0.25, 0.3) is 54.9 Å². The molecule has 11 rings (SSSR count). The largest absolute Gasteiger partial charge is 0.310 e. The topological polar surface area (TPSA) is 3.24 Å². The molecule has 0 fully saturated rings. The van der Waals surface area contributed by atoms with Crippen molar-refractivity contribution < 1.29 is 0 Å². The predicted molar refractivity (Wildman–Crippen MR) is 244 cm³/mol. The molecule has 0 saturated heterocycles. The molecule has 0 N–H and O–H groups in total. The summed E-state index contributed by atoms with van der Waals surface area (Å²) in [5.74, 6) is 0. The van der Waals surface area contributed by atoms with Crippen LogP contribution in [0.5, 0.6) is 0 Å². The summed E-state index contributed by atoms with van der Waals surface area (Å²) in [4.78, 5) is 2.40. The number of anilines is 3. The van der Waals surface area contributed by atoms with Gasteiger partial charge in [-0.25, -0.2) is 0 Å². The van der Waals surface area contributed by atoms with E-state index in [-0.39, 0.29) is 0 Å². The van der Waals surface area contributed by atoms with Gasteiger partial charge in [-0.2, -0.15) is 0 Å². The number of benzene rings is 10. The number of hydrogen-bond donors (Lipinski definition) is 0. The maximum Gasteiger partial charge on any atom is 0.0713 e. The Bertz CT molecular complexity index is 3040. The van der Waals surface area contributed by atoms with E-state index in [2.05, 4.69) is 241 Å². The Balaban J connectivity index is 1.06. The summed E-state index contributed by atoms with van der Waals surface area (Å²) >= 11 is 0. The molecule has 0 aliphatic heterocycles. The minimum atomic E-state index is -0.437. The molecule has 1 nitrogen and oxygen atoms in total. The zero-order chi connectivity index (χ0) is 38.5. The van der Waals surface area contributed by atoms with Crippen LogP contribution in [0.2, 0.25) is 0 Å². The van der Waals surface area contributed by atoms with E-state index in [1.165, 1.54) is 77.2 Å². The van der Waals surface area contributed by atoms with E-state index in [9.17, 15) is 0 Å². The second-order valence-corrected chi connectivity index (χ2v) is 15.2. The Morgan fingerprint density at radius 1 is 0.293 bits per heavy atom. The zero-order valence-electron chi connectivity index (χ0n) is 32.0. The summed E-state index contributed by atoms with van der Waals surface area (Å²) in [5, 5.41) is 4.94. The number of rotatable bonds is 7. The third kappa shape index (κ3) is 5.32. The second-order valence-electron chi connectivity index (χ2n) is 15.2. The molecule has 10 aromatic rings. The van der Waals surface area contributed by atoms with Gasteiger partial charge in [0.15, 0.2) is 0 Å². The van der Waals surface area contributed by atoms with Crippen LogP contribution < -0.4 is 4.90 Å².